The normalized spacial score (nSPS) is 20.2. The Morgan fingerprint density at radius 2 is 2.19 bits per heavy atom. The lowest BCUT2D eigenvalue weighted by atomic mass is 10.2. The van der Waals surface area contributed by atoms with Gasteiger partial charge in [-0.15, -0.1) is 0 Å². The first-order valence-electron chi connectivity index (χ1n) is 7.29. The molecule has 3 rings (SSSR count). The average Bonchev–Trinajstić information content (AvgIpc) is 2.81. The van der Waals surface area contributed by atoms with Crippen molar-refractivity contribution >= 4 is 17.8 Å². The Kier molecular flexibility index (Phi) is 3.38. The fraction of sp³-hybridized carbons (Fsp3) is 0.438. The van der Waals surface area contributed by atoms with E-state index in [9.17, 15) is 4.79 Å². The molecule has 1 amide bonds. The van der Waals surface area contributed by atoms with Crippen LogP contribution < -0.4 is 0 Å². The number of nitriles is 1. The smallest absolute Gasteiger partial charge is 0.277 e. The van der Waals surface area contributed by atoms with E-state index in [1.807, 2.05) is 23.4 Å². The first kappa shape index (κ1) is 13.6. The van der Waals surface area contributed by atoms with Crippen LogP contribution in [0.15, 0.2) is 16.8 Å². The highest BCUT2D eigenvalue weighted by Gasteiger charge is 2.30. The monoisotopic (exact) mass is 282 g/mol. The molecule has 5 nitrogen and oxygen atoms in total. The number of hydrogen-bond acceptors (Lipinski definition) is 3. The third-order valence-corrected chi connectivity index (χ3v) is 4.29. The van der Waals surface area contributed by atoms with Crippen LogP contribution in [0.1, 0.15) is 42.6 Å². The molecule has 0 atom stereocenters. The van der Waals surface area contributed by atoms with E-state index in [-0.39, 0.29) is 5.91 Å². The lowest BCUT2D eigenvalue weighted by Crippen LogP contribution is -2.31. The number of aromatic nitrogens is 1. The summed E-state index contributed by atoms with van der Waals surface area (Å²) in [5.41, 5.74) is 2.94. The average molecular weight is 282 g/mol. The highest BCUT2D eigenvalue weighted by atomic mass is 16.2. The second-order valence-corrected chi connectivity index (χ2v) is 5.57. The van der Waals surface area contributed by atoms with E-state index < -0.39 is 0 Å². The van der Waals surface area contributed by atoms with Crippen molar-refractivity contribution in [2.75, 3.05) is 6.54 Å². The molecule has 1 aromatic rings. The Morgan fingerprint density at radius 3 is 2.90 bits per heavy atom. The van der Waals surface area contributed by atoms with Crippen molar-refractivity contribution in [2.45, 2.75) is 32.6 Å². The molecule has 0 spiro atoms. The van der Waals surface area contributed by atoms with Gasteiger partial charge >= 0.3 is 0 Å². The Morgan fingerprint density at radius 1 is 1.38 bits per heavy atom. The highest BCUT2D eigenvalue weighted by molar-refractivity contribution is 6.14. The molecule has 0 aliphatic carbocycles. The summed E-state index contributed by atoms with van der Waals surface area (Å²) in [5.74, 6) is 0.895. The maximum absolute atomic E-state index is 12.4. The summed E-state index contributed by atoms with van der Waals surface area (Å²) in [6.45, 7) is 2.71. The van der Waals surface area contributed by atoms with Crippen molar-refractivity contribution in [1.82, 2.24) is 9.47 Å². The fourth-order valence-electron chi connectivity index (χ4n) is 2.87. The van der Waals surface area contributed by atoms with Crippen LogP contribution in [0.25, 0.3) is 6.08 Å². The van der Waals surface area contributed by atoms with E-state index in [2.05, 4.69) is 11.1 Å². The number of aliphatic imine (C=N–C) groups is 1. The van der Waals surface area contributed by atoms with Crippen LogP contribution >= 0.6 is 0 Å². The largest absolute Gasteiger partial charge is 0.339 e. The van der Waals surface area contributed by atoms with Gasteiger partial charge in [-0.05, 0) is 37.5 Å². The van der Waals surface area contributed by atoms with Crippen LogP contribution in [-0.4, -0.2) is 27.8 Å². The minimum atomic E-state index is -0.00587. The Balaban J connectivity index is 1.98. The number of fused-ring (bicyclic) bond motifs is 1. The van der Waals surface area contributed by atoms with E-state index in [0.29, 0.717) is 11.4 Å². The topological polar surface area (TPSA) is 61.4 Å². The predicted octanol–water partition coefficient (Wildman–Crippen LogP) is 2.36. The van der Waals surface area contributed by atoms with Crippen LogP contribution in [0.3, 0.4) is 0 Å². The molecule has 2 aliphatic heterocycles. The number of carbonyl (C=O) groups is 1. The van der Waals surface area contributed by atoms with Gasteiger partial charge in [0.1, 0.15) is 23.3 Å². The van der Waals surface area contributed by atoms with Crippen LogP contribution in [0, 0.1) is 18.3 Å². The molecule has 0 N–H and O–H groups in total. The minimum Gasteiger partial charge on any atom is -0.339 e. The molecule has 3 heterocycles. The first-order chi connectivity index (χ1) is 10.1. The number of rotatable bonds is 1. The number of carbonyl (C=O) groups excluding carboxylic acids is 1. The SMILES string of the molecule is Cc1c(/C=C2\N=C3CCCCCN3C2=O)cc(C#N)n1C. The predicted molar refractivity (Wildman–Crippen MR) is 80.5 cm³/mol. The molecule has 21 heavy (non-hydrogen) atoms. The second kappa shape index (κ2) is 5.21. The first-order valence-corrected chi connectivity index (χ1v) is 7.29. The van der Waals surface area contributed by atoms with Crippen molar-refractivity contribution in [3.05, 3.63) is 28.7 Å². The maximum atomic E-state index is 12.4. The molecule has 0 radical (unpaired) electrons. The lowest BCUT2D eigenvalue weighted by molar-refractivity contribution is -0.122. The molecule has 1 fully saturated rings. The second-order valence-electron chi connectivity index (χ2n) is 5.57. The Hall–Kier alpha value is -2.35. The number of nitrogens with zero attached hydrogens (tertiary/aromatic N) is 4. The van der Waals surface area contributed by atoms with E-state index in [0.717, 1.165) is 49.3 Å². The van der Waals surface area contributed by atoms with Gasteiger partial charge in [-0.1, -0.05) is 6.42 Å². The van der Waals surface area contributed by atoms with Crippen LogP contribution in [0.5, 0.6) is 0 Å². The van der Waals surface area contributed by atoms with Crippen molar-refractivity contribution in [2.24, 2.45) is 12.0 Å². The summed E-state index contributed by atoms with van der Waals surface area (Å²) < 4.78 is 1.83. The maximum Gasteiger partial charge on any atom is 0.277 e. The van der Waals surface area contributed by atoms with Gasteiger partial charge in [0.05, 0.1) is 0 Å². The quantitative estimate of drug-likeness (QED) is 0.742. The van der Waals surface area contributed by atoms with Crippen molar-refractivity contribution in [1.29, 1.82) is 5.26 Å². The molecule has 1 aromatic heterocycles. The summed E-state index contributed by atoms with van der Waals surface area (Å²) in [6.07, 6.45) is 5.98. The standard InChI is InChI=1S/C16H18N4O/c1-11-12(8-13(10-17)19(11)2)9-14-16(21)20-7-5-3-4-6-15(20)18-14/h8-9H,3-7H2,1-2H3/b14-9-. The molecular weight excluding hydrogens is 264 g/mol. The van der Waals surface area contributed by atoms with Gasteiger partial charge in [0.25, 0.3) is 5.91 Å². The summed E-state index contributed by atoms with van der Waals surface area (Å²) in [6, 6.07) is 3.96. The molecule has 0 bridgehead atoms. The van der Waals surface area contributed by atoms with Crippen molar-refractivity contribution < 1.29 is 4.79 Å². The molecule has 108 valence electrons. The zero-order valence-corrected chi connectivity index (χ0v) is 12.4. The van der Waals surface area contributed by atoms with Crippen molar-refractivity contribution in [3.63, 3.8) is 0 Å². The van der Waals surface area contributed by atoms with Crippen LogP contribution in [0.2, 0.25) is 0 Å². The molecule has 0 aromatic carbocycles. The molecule has 0 unspecified atom stereocenters. The molecule has 1 saturated heterocycles. The zero-order valence-electron chi connectivity index (χ0n) is 12.4. The minimum absolute atomic E-state index is 0.00587. The molecular formula is C16H18N4O. The lowest BCUT2D eigenvalue weighted by Gasteiger charge is -2.13. The van der Waals surface area contributed by atoms with E-state index in [1.54, 1.807) is 12.1 Å². The van der Waals surface area contributed by atoms with Gasteiger partial charge in [-0.2, -0.15) is 5.26 Å². The fourth-order valence-corrected chi connectivity index (χ4v) is 2.87. The number of hydrogen-bond donors (Lipinski definition) is 0. The van der Waals surface area contributed by atoms with E-state index >= 15 is 0 Å². The summed E-state index contributed by atoms with van der Waals surface area (Å²) >= 11 is 0. The van der Waals surface area contributed by atoms with Crippen molar-refractivity contribution in [3.8, 4) is 6.07 Å². The van der Waals surface area contributed by atoms with Gasteiger partial charge < -0.3 is 4.57 Å². The van der Waals surface area contributed by atoms with Gasteiger partial charge in [0.2, 0.25) is 0 Å². The van der Waals surface area contributed by atoms with Gasteiger partial charge in [0.15, 0.2) is 0 Å². The highest BCUT2D eigenvalue weighted by Crippen LogP contribution is 2.25. The molecule has 0 saturated carbocycles. The summed E-state index contributed by atoms with van der Waals surface area (Å²) in [5, 5.41) is 9.07. The Labute approximate surface area is 124 Å². The molecule has 5 heteroatoms. The Bertz CT molecular complexity index is 703. The van der Waals surface area contributed by atoms with Crippen LogP contribution in [0.4, 0.5) is 0 Å². The zero-order chi connectivity index (χ0) is 15.0. The summed E-state index contributed by atoms with van der Waals surface area (Å²) in [7, 11) is 1.85. The van der Waals surface area contributed by atoms with E-state index in [1.165, 1.54) is 0 Å². The summed E-state index contributed by atoms with van der Waals surface area (Å²) in [4.78, 5) is 18.8. The van der Waals surface area contributed by atoms with E-state index in [4.69, 9.17) is 5.26 Å². The number of amidine groups is 1. The third-order valence-electron chi connectivity index (χ3n) is 4.29. The van der Waals surface area contributed by atoms with Gasteiger partial charge in [-0.3, -0.25) is 9.69 Å². The number of amides is 1. The molecule has 2 aliphatic rings. The third kappa shape index (κ3) is 2.27. The van der Waals surface area contributed by atoms with Crippen LogP contribution in [-0.2, 0) is 11.8 Å². The van der Waals surface area contributed by atoms with Gasteiger partial charge in [-0.25, -0.2) is 4.99 Å². The van der Waals surface area contributed by atoms with Gasteiger partial charge in [0, 0.05) is 25.7 Å².